The summed E-state index contributed by atoms with van der Waals surface area (Å²) in [6.07, 6.45) is -2.22. The Labute approximate surface area is 220 Å². The van der Waals surface area contributed by atoms with Crippen molar-refractivity contribution in [3.05, 3.63) is 87.9 Å². The Morgan fingerprint density at radius 3 is 1.83 bits per heavy atom. The van der Waals surface area contributed by atoms with E-state index < -0.39 is 24.3 Å². The second kappa shape index (κ2) is 13.0. The van der Waals surface area contributed by atoms with Crippen LogP contribution in [0.1, 0.15) is 43.0 Å². The topological polar surface area (TPSA) is 116 Å². The molecule has 0 saturated carbocycles. The van der Waals surface area contributed by atoms with Crippen molar-refractivity contribution in [1.82, 2.24) is 14.9 Å². The smallest absolute Gasteiger partial charge is 0.344 e. The van der Waals surface area contributed by atoms with Gasteiger partial charge in [-0.15, -0.1) is 0 Å². The van der Waals surface area contributed by atoms with Gasteiger partial charge >= 0.3 is 5.97 Å². The molecule has 4 atom stereocenters. The van der Waals surface area contributed by atoms with E-state index in [-0.39, 0.29) is 29.4 Å². The molecule has 36 heavy (non-hydrogen) atoms. The highest BCUT2D eigenvalue weighted by molar-refractivity contribution is 6.29. The highest BCUT2D eigenvalue weighted by Gasteiger charge is 2.24. The molecule has 8 nitrogen and oxygen atoms in total. The molecule has 0 aliphatic heterocycles. The normalized spacial score (nSPS) is 14.8. The molecule has 3 N–H and O–H groups in total. The number of ether oxygens (including phenoxy) is 1. The summed E-state index contributed by atoms with van der Waals surface area (Å²) in [5.74, 6) is -0.577. The van der Waals surface area contributed by atoms with Gasteiger partial charge in [-0.25, -0.2) is 14.8 Å². The predicted octanol–water partition coefficient (Wildman–Crippen LogP) is 4.34. The van der Waals surface area contributed by atoms with Gasteiger partial charge in [0.05, 0.1) is 11.4 Å². The Balaban J connectivity index is 1.75. The SMILES string of the molecule is CC(Oc1ccc(C[C@@H](C)N(CC(O)c2cccc(Cl)n2)CC(O)c2cccc(Cl)n2)cc1)C(=O)O. The number of carbonyl (C=O) groups is 1. The summed E-state index contributed by atoms with van der Waals surface area (Å²) < 4.78 is 5.39. The summed E-state index contributed by atoms with van der Waals surface area (Å²) in [5.41, 5.74) is 1.85. The van der Waals surface area contributed by atoms with Gasteiger partial charge in [0.25, 0.3) is 0 Å². The highest BCUT2D eigenvalue weighted by Crippen LogP contribution is 2.22. The van der Waals surface area contributed by atoms with Crippen LogP contribution in [0.25, 0.3) is 0 Å². The molecule has 2 heterocycles. The first-order chi connectivity index (χ1) is 17.1. The van der Waals surface area contributed by atoms with Gasteiger partial charge in [0.15, 0.2) is 6.10 Å². The fraction of sp³-hybridized carbons (Fsp3) is 0.346. The molecule has 0 aliphatic rings. The number of aliphatic hydroxyl groups excluding tert-OH is 2. The van der Waals surface area contributed by atoms with Crippen molar-refractivity contribution in [3.8, 4) is 5.75 Å². The van der Waals surface area contributed by atoms with Gasteiger partial charge in [0, 0.05) is 19.1 Å². The molecule has 0 amide bonds. The Hall–Kier alpha value is -2.75. The molecule has 0 aliphatic carbocycles. The Morgan fingerprint density at radius 1 is 0.889 bits per heavy atom. The molecule has 0 fully saturated rings. The van der Waals surface area contributed by atoms with Crippen LogP contribution in [0.5, 0.6) is 5.75 Å². The molecule has 3 aromatic rings. The van der Waals surface area contributed by atoms with Crippen LogP contribution in [-0.4, -0.2) is 61.4 Å². The van der Waals surface area contributed by atoms with Crippen molar-refractivity contribution in [2.24, 2.45) is 0 Å². The molecule has 0 spiro atoms. The summed E-state index contributed by atoms with van der Waals surface area (Å²) in [7, 11) is 0. The maximum atomic E-state index is 11.0. The van der Waals surface area contributed by atoms with E-state index in [1.54, 1.807) is 48.5 Å². The lowest BCUT2D eigenvalue weighted by molar-refractivity contribution is -0.144. The van der Waals surface area contributed by atoms with Gasteiger partial charge < -0.3 is 20.1 Å². The molecule has 3 rings (SSSR count). The highest BCUT2D eigenvalue weighted by atomic mass is 35.5. The van der Waals surface area contributed by atoms with Gasteiger partial charge in [-0.1, -0.05) is 47.5 Å². The number of aromatic nitrogens is 2. The number of hydrogen-bond donors (Lipinski definition) is 3. The summed E-state index contributed by atoms with van der Waals surface area (Å²) in [4.78, 5) is 21.4. The van der Waals surface area contributed by atoms with Crippen LogP contribution in [0.2, 0.25) is 10.3 Å². The number of carboxylic acid groups (broad SMARTS) is 1. The molecular weight excluding hydrogens is 505 g/mol. The predicted molar refractivity (Wildman–Crippen MR) is 137 cm³/mol. The standard InChI is InChI=1S/C26H29Cl2N3O5/c1-16(13-18-9-11-19(12-10-18)36-17(2)26(34)35)31(14-22(32)20-5-3-7-24(27)29-20)15-23(33)21-6-4-8-25(28)30-21/h3-12,16-17,22-23,32-33H,13-15H2,1-2H3,(H,34,35)/t16-,17?,22?,23?/m1/s1. The first kappa shape index (κ1) is 27.8. The lowest BCUT2D eigenvalue weighted by Crippen LogP contribution is -2.40. The number of hydrogen-bond acceptors (Lipinski definition) is 7. The lowest BCUT2D eigenvalue weighted by atomic mass is 10.0. The van der Waals surface area contributed by atoms with Crippen molar-refractivity contribution in [2.75, 3.05) is 13.1 Å². The van der Waals surface area contributed by atoms with Gasteiger partial charge in [-0.2, -0.15) is 0 Å². The van der Waals surface area contributed by atoms with Crippen LogP contribution >= 0.6 is 23.2 Å². The van der Waals surface area contributed by atoms with Gasteiger partial charge in [0.2, 0.25) is 0 Å². The third kappa shape index (κ3) is 8.15. The van der Waals surface area contributed by atoms with E-state index in [1.165, 1.54) is 6.92 Å². The Bertz CT molecular complexity index is 1090. The molecular formula is C26H29Cl2N3O5. The van der Waals surface area contributed by atoms with E-state index >= 15 is 0 Å². The van der Waals surface area contributed by atoms with Crippen LogP contribution in [0, 0.1) is 0 Å². The fourth-order valence-electron chi connectivity index (χ4n) is 3.71. The van der Waals surface area contributed by atoms with E-state index in [2.05, 4.69) is 9.97 Å². The monoisotopic (exact) mass is 533 g/mol. The van der Waals surface area contributed by atoms with Gasteiger partial charge in [0.1, 0.15) is 28.3 Å². The van der Waals surface area contributed by atoms with Gasteiger partial charge in [-0.3, -0.25) is 4.90 Å². The number of carboxylic acids is 1. The van der Waals surface area contributed by atoms with E-state index in [1.807, 2.05) is 24.0 Å². The molecule has 192 valence electrons. The third-order valence-electron chi connectivity index (χ3n) is 5.71. The summed E-state index contributed by atoms with van der Waals surface area (Å²) in [6.45, 7) is 3.86. The molecule has 0 saturated heterocycles. The molecule has 0 bridgehead atoms. The fourth-order valence-corrected chi connectivity index (χ4v) is 4.05. The second-order valence-electron chi connectivity index (χ2n) is 8.55. The maximum Gasteiger partial charge on any atom is 0.344 e. The number of benzene rings is 1. The number of halogens is 2. The zero-order chi connectivity index (χ0) is 26.2. The number of rotatable bonds is 12. The van der Waals surface area contributed by atoms with Crippen LogP contribution in [0.4, 0.5) is 0 Å². The average molecular weight is 534 g/mol. The van der Waals surface area contributed by atoms with Crippen molar-refractivity contribution in [1.29, 1.82) is 0 Å². The van der Waals surface area contributed by atoms with Crippen LogP contribution in [0.15, 0.2) is 60.7 Å². The van der Waals surface area contributed by atoms with Crippen LogP contribution in [0.3, 0.4) is 0 Å². The number of nitrogens with zero attached hydrogens (tertiary/aromatic N) is 3. The van der Waals surface area contributed by atoms with E-state index in [9.17, 15) is 15.0 Å². The number of aliphatic carboxylic acids is 1. The number of pyridine rings is 2. The van der Waals surface area contributed by atoms with E-state index in [0.29, 0.717) is 23.6 Å². The molecule has 1 aromatic carbocycles. The molecule has 10 heteroatoms. The molecule has 2 aromatic heterocycles. The maximum absolute atomic E-state index is 11.0. The zero-order valence-electron chi connectivity index (χ0n) is 20.0. The third-order valence-corrected chi connectivity index (χ3v) is 6.13. The van der Waals surface area contributed by atoms with E-state index in [0.717, 1.165) is 5.56 Å². The molecule has 0 radical (unpaired) electrons. The molecule has 3 unspecified atom stereocenters. The summed E-state index contributed by atoms with van der Waals surface area (Å²) >= 11 is 12.0. The van der Waals surface area contributed by atoms with Gasteiger partial charge in [-0.05, 0) is 62.2 Å². The Kier molecular flexibility index (Phi) is 10.0. The zero-order valence-corrected chi connectivity index (χ0v) is 21.5. The quantitative estimate of drug-likeness (QED) is 0.294. The lowest BCUT2D eigenvalue weighted by Gasteiger charge is -2.32. The van der Waals surface area contributed by atoms with Crippen molar-refractivity contribution >= 4 is 29.2 Å². The Morgan fingerprint density at radius 2 is 1.39 bits per heavy atom. The van der Waals surface area contributed by atoms with Crippen molar-refractivity contribution in [3.63, 3.8) is 0 Å². The minimum Gasteiger partial charge on any atom is -0.479 e. The van der Waals surface area contributed by atoms with E-state index in [4.69, 9.17) is 33.0 Å². The summed E-state index contributed by atoms with van der Waals surface area (Å²) in [5, 5.41) is 31.3. The van der Waals surface area contributed by atoms with Crippen molar-refractivity contribution < 1.29 is 24.9 Å². The second-order valence-corrected chi connectivity index (χ2v) is 9.33. The van der Waals surface area contributed by atoms with Crippen molar-refractivity contribution in [2.45, 2.75) is 44.6 Å². The summed E-state index contributed by atoms with van der Waals surface area (Å²) in [6, 6.07) is 17.2. The average Bonchev–Trinajstić information content (AvgIpc) is 2.84. The largest absolute Gasteiger partial charge is 0.479 e. The van der Waals surface area contributed by atoms with Crippen LogP contribution < -0.4 is 4.74 Å². The minimum atomic E-state index is -1.04. The first-order valence-electron chi connectivity index (χ1n) is 11.5. The number of aliphatic hydroxyl groups is 2. The van der Waals surface area contributed by atoms with Crippen LogP contribution in [-0.2, 0) is 11.2 Å². The first-order valence-corrected chi connectivity index (χ1v) is 12.2. The minimum absolute atomic E-state index is 0.0996.